The molecule has 3 nitrogen and oxygen atoms in total. The van der Waals surface area contributed by atoms with Gasteiger partial charge in [0.1, 0.15) is 11.9 Å². The molecule has 1 aliphatic rings. The van der Waals surface area contributed by atoms with E-state index < -0.39 is 0 Å². The molecule has 1 saturated carbocycles. The van der Waals surface area contributed by atoms with Crippen molar-refractivity contribution in [1.29, 1.82) is 0 Å². The van der Waals surface area contributed by atoms with Crippen molar-refractivity contribution >= 4 is 0 Å². The molecule has 2 atom stereocenters. The number of ether oxygens (including phenoxy) is 1. The maximum atomic E-state index is 5.98. The van der Waals surface area contributed by atoms with Crippen LogP contribution < -0.4 is 10.5 Å². The number of hydrogen-bond donors (Lipinski definition) is 1. The summed E-state index contributed by atoms with van der Waals surface area (Å²) in [5.74, 6) is 0.829. The molecule has 1 aromatic heterocycles. The smallest absolute Gasteiger partial charge is 0.138 e. The van der Waals surface area contributed by atoms with Gasteiger partial charge < -0.3 is 10.5 Å². The van der Waals surface area contributed by atoms with Gasteiger partial charge in [0.05, 0.1) is 6.20 Å². The van der Waals surface area contributed by atoms with E-state index in [-0.39, 0.29) is 12.1 Å². The lowest BCUT2D eigenvalue weighted by Gasteiger charge is -2.28. The Hall–Kier alpha value is -1.09. The fourth-order valence-corrected chi connectivity index (χ4v) is 1.86. The number of aromatic nitrogens is 1. The van der Waals surface area contributed by atoms with Crippen LogP contribution in [-0.4, -0.2) is 17.1 Å². The first-order valence-corrected chi connectivity index (χ1v) is 5.18. The predicted octanol–water partition coefficient (Wildman–Crippen LogP) is 1.73. The molecular formula is C11H16N2O. The van der Waals surface area contributed by atoms with E-state index in [2.05, 4.69) is 4.98 Å². The number of hydrogen-bond acceptors (Lipinski definition) is 3. The molecule has 0 aromatic carbocycles. The first-order valence-electron chi connectivity index (χ1n) is 5.18. The van der Waals surface area contributed by atoms with Gasteiger partial charge in [0, 0.05) is 12.2 Å². The maximum absolute atomic E-state index is 5.98. The third-order valence-electron chi connectivity index (χ3n) is 2.68. The summed E-state index contributed by atoms with van der Waals surface area (Å²) in [7, 11) is 0. The third kappa shape index (κ3) is 2.23. The lowest BCUT2D eigenvalue weighted by atomic mass is 9.93. The van der Waals surface area contributed by atoms with E-state index in [1.54, 1.807) is 12.4 Å². The lowest BCUT2D eigenvalue weighted by Crippen LogP contribution is -2.41. The Bertz CT molecular complexity index is 276. The molecule has 0 spiro atoms. The van der Waals surface area contributed by atoms with Gasteiger partial charge >= 0.3 is 0 Å². The van der Waals surface area contributed by atoms with Crippen LogP contribution in [0.3, 0.4) is 0 Å². The lowest BCUT2D eigenvalue weighted by molar-refractivity contribution is 0.132. The van der Waals surface area contributed by atoms with Crippen molar-refractivity contribution in [1.82, 2.24) is 4.98 Å². The van der Waals surface area contributed by atoms with Crippen molar-refractivity contribution in [2.45, 2.75) is 37.8 Å². The van der Waals surface area contributed by atoms with Crippen molar-refractivity contribution in [2.24, 2.45) is 5.73 Å². The summed E-state index contributed by atoms with van der Waals surface area (Å²) in [6.45, 7) is 0. The molecule has 0 radical (unpaired) electrons. The van der Waals surface area contributed by atoms with Gasteiger partial charge in [-0.05, 0) is 31.4 Å². The molecule has 0 amide bonds. The zero-order valence-electron chi connectivity index (χ0n) is 8.23. The van der Waals surface area contributed by atoms with Crippen molar-refractivity contribution in [3.8, 4) is 5.75 Å². The van der Waals surface area contributed by atoms with E-state index in [1.807, 2.05) is 12.1 Å². The molecule has 2 unspecified atom stereocenters. The van der Waals surface area contributed by atoms with Crippen molar-refractivity contribution in [3.63, 3.8) is 0 Å². The molecular weight excluding hydrogens is 176 g/mol. The van der Waals surface area contributed by atoms with Crippen LogP contribution >= 0.6 is 0 Å². The minimum atomic E-state index is 0.174. The van der Waals surface area contributed by atoms with Crippen LogP contribution in [0.5, 0.6) is 5.75 Å². The molecule has 3 heteroatoms. The van der Waals surface area contributed by atoms with Gasteiger partial charge in [0.15, 0.2) is 0 Å². The van der Waals surface area contributed by atoms with Crippen molar-refractivity contribution in [2.75, 3.05) is 0 Å². The molecule has 1 heterocycles. The zero-order chi connectivity index (χ0) is 9.80. The normalized spacial score (nSPS) is 27.2. The van der Waals surface area contributed by atoms with E-state index in [1.165, 1.54) is 12.8 Å². The van der Waals surface area contributed by atoms with Gasteiger partial charge in [0.25, 0.3) is 0 Å². The fourth-order valence-electron chi connectivity index (χ4n) is 1.86. The summed E-state index contributed by atoms with van der Waals surface area (Å²) in [5, 5.41) is 0. The van der Waals surface area contributed by atoms with E-state index >= 15 is 0 Å². The maximum Gasteiger partial charge on any atom is 0.138 e. The van der Waals surface area contributed by atoms with Crippen LogP contribution in [0.1, 0.15) is 25.7 Å². The van der Waals surface area contributed by atoms with Crippen LogP contribution in [0.4, 0.5) is 0 Å². The monoisotopic (exact) mass is 192 g/mol. The van der Waals surface area contributed by atoms with Gasteiger partial charge in [-0.3, -0.25) is 4.98 Å². The highest BCUT2D eigenvalue weighted by atomic mass is 16.5. The minimum absolute atomic E-state index is 0.174. The molecule has 1 aromatic rings. The predicted molar refractivity (Wildman–Crippen MR) is 55.1 cm³/mol. The number of nitrogens with zero attached hydrogens (tertiary/aromatic N) is 1. The Labute approximate surface area is 84.3 Å². The summed E-state index contributed by atoms with van der Waals surface area (Å²) >= 11 is 0. The molecule has 76 valence electrons. The highest BCUT2D eigenvalue weighted by Gasteiger charge is 2.23. The van der Waals surface area contributed by atoms with Crippen LogP contribution in [0, 0.1) is 0 Å². The topological polar surface area (TPSA) is 48.1 Å². The Balaban J connectivity index is 1.96. The highest BCUT2D eigenvalue weighted by Crippen LogP contribution is 2.21. The summed E-state index contributed by atoms with van der Waals surface area (Å²) in [4.78, 5) is 4.01. The van der Waals surface area contributed by atoms with Gasteiger partial charge in [-0.2, -0.15) is 0 Å². The van der Waals surface area contributed by atoms with Crippen molar-refractivity contribution in [3.05, 3.63) is 24.5 Å². The second-order valence-corrected chi connectivity index (χ2v) is 3.79. The van der Waals surface area contributed by atoms with Crippen LogP contribution in [0.15, 0.2) is 24.5 Å². The molecule has 2 rings (SSSR count). The largest absolute Gasteiger partial charge is 0.487 e. The van der Waals surface area contributed by atoms with Gasteiger partial charge in [-0.1, -0.05) is 6.42 Å². The average molecular weight is 192 g/mol. The van der Waals surface area contributed by atoms with Crippen molar-refractivity contribution < 1.29 is 4.74 Å². The Morgan fingerprint density at radius 2 is 2.21 bits per heavy atom. The minimum Gasteiger partial charge on any atom is -0.487 e. The number of pyridine rings is 1. The Morgan fingerprint density at radius 3 is 2.93 bits per heavy atom. The molecule has 14 heavy (non-hydrogen) atoms. The zero-order valence-corrected chi connectivity index (χ0v) is 8.23. The summed E-state index contributed by atoms with van der Waals surface area (Å²) < 4.78 is 5.78. The van der Waals surface area contributed by atoms with E-state index in [4.69, 9.17) is 10.5 Å². The summed E-state index contributed by atoms with van der Waals surface area (Å²) in [6.07, 6.45) is 8.25. The number of nitrogens with two attached hydrogens (primary N) is 1. The summed E-state index contributed by atoms with van der Waals surface area (Å²) in [6, 6.07) is 3.99. The SMILES string of the molecule is NC1CCCCC1Oc1cccnc1. The third-order valence-corrected chi connectivity index (χ3v) is 2.68. The van der Waals surface area contributed by atoms with E-state index in [9.17, 15) is 0 Å². The average Bonchev–Trinajstić information content (AvgIpc) is 2.23. The van der Waals surface area contributed by atoms with Crippen LogP contribution in [-0.2, 0) is 0 Å². The first-order chi connectivity index (χ1) is 6.86. The van der Waals surface area contributed by atoms with Gasteiger partial charge in [0.2, 0.25) is 0 Å². The second-order valence-electron chi connectivity index (χ2n) is 3.79. The van der Waals surface area contributed by atoms with Gasteiger partial charge in [-0.25, -0.2) is 0 Å². The molecule has 0 saturated heterocycles. The van der Waals surface area contributed by atoms with Crippen LogP contribution in [0.25, 0.3) is 0 Å². The molecule has 2 N–H and O–H groups in total. The van der Waals surface area contributed by atoms with Crippen LogP contribution in [0.2, 0.25) is 0 Å². The van der Waals surface area contributed by atoms with E-state index in [0.717, 1.165) is 18.6 Å². The quantitative estimate of drug-likeness (QED) is 0.776. The number of rotatable bonds is 2. The standard InChI is InChI=1S/C11H16N2O/c12-10-5-1-2-6-11(10)14-9-4-3-7-13-8-9/h3-4,7-8,10-11H,1-2,5-6,12H2. The Morgan fingerprint density at radius 1 is 1.36 bits per heavy atom. The molecule has 1 aliphatic carbocycles. The highest BCUT2D eigenvalue weighted by molar-refractivity contribution is 5.16. The molecule has 0 bridgehead atoms. The summed E-state index contributed by atoms with van der Waals surface area (Å²) in [5.41, 5.74) is 5.98. The first kappa shape index (κ1) is 9.46. The van der Waals surface area contributed by atoms with Gasteiger partial charge in [-0.15, -0.1) is 0 Å². The molecule has 1 fully saturated rings. The second kappa shape index (κ2) is 4.42. The molecule has 0 aliphatic heterocycles. The fraction of sp³-hybridized carbons (Fsp3) is 0.545. The van der Waals surface area contributed by atoms with E-state index in [0.29, 0.717) is 0 Å². The Kier molecular flexibility index (Phi) is 2.99.